The third-order valence-corrected chi connectivity index (χ3v) is 4.30. The molecule has 3 atom stereocenters. The summed E-state index contributed by atoms with van der Waals surface area (Å²) in [5.74, 6) is 0.605. The number of hydrogen-bond donors (Lipinski definition) is 1. The molecule has 1 fully saturated rings. The molecule has 0 spiro atoms. The zero-order valence-electron chi connectivity index (χ0n) is 10.3. The maximum atomic E-state index is 6.41. The van der Waals surface area contributed by atoms with E-state index in [1.165, 1.54) is 36.8 Å². The second-order valence-corrected chi connectivity index (χ2v) is 5.39. The van der Waals surface area contributed by atoms with E-state index in [1.54, 1.807) is 0 Å². The normalized spacial score (nSPS) is 32.4. The van der Waals surface area contributed by atoms with Crippen LogP contribution in [0.2, 0.25) is 0 Å². The summed E-state index contributed by atoms with van der Waals surface area (Å²) in [6, 6.07) is 8.85. The number of benzene rings is 1. The largest absolute Gasteiger partial charge is 0.378 e. The molecule has 17 heavy (non-hydrogen) atoms. The minimum atomic E-state index is 0.212. The molecule has 2 aliphatic rings. The number of fused-ring (bicyclic) bond motifs is 1. The molecule has 1 aliphatic carbocycles. The number of ether oxygens (including phenoxy) is 1. The average Bonchev–Trinajstić information content (AvgIpc) is 2.86. The van der Waals surface area contributed by atoms with E-state index in [4.69, 9.17) is 10.5 Å². The van der Waals surface area contributed by atoms with Gasteiger partial charge < -0.3 is 10.5 Å². The minimum absolute atomic E-state index is 0.212. The first-order chi connectivity index (χ1) is 8.34. The summed E-state index contributed by atoms with van der Waals surface area (Å²) in [6.45, 7) is 0.948. The quantitative estimate of drug-likeness (QED) is 0.849. The van der Waals surface area contributed by atoms with Crippen molar-refractivity contribution in [1.29, 1.82) is 0 Å². The molecule has 2 heteroatoms. The van der Waals surface area contributed by atoms with Gasteiger partial charge >= 0.3 is 0 Å². The Bertz CT molecular complexity index is 384. The molecule has 1 heterocycles. The summed E-state index contributed by atoms with van der Waals surface area (Å²) in [5.41, 5.74) is 9.22. The Hall–Kier alpha value is -0.860. The van der Waals surface area contributed by atoms with E-state index >= 15 is 0 Å². The van der Waals surface area contributed by atoms with Gasteiger partial charge in [0.05, 0.1) is 6.10 Å². The van der Waals surface area contributed by atoms with Gasteiger partial charge in [0.25, 0.3) is 0 Å². The van der Waals surface area contributed by atoms with Crippen molar-refractivity contribution in [2.75, 3.05) is 6.61 Å². The van der Waals surface area contributed by atoms with Gasteiger partial charge in [-0.1, -0.05) is 24.3 Å². The summed E-state index contributed by atoms with van der Waals surface area (Å²) >= 11 is 0. The van der Waals surface area contributed by atoms with Crippen LogP contribution in [0.1, 0.15) is 42.9 Å². The summed E-state index contributed by atoms with van der Waals surface area (Å²) in [7, 11) is 0. The maximum absolute atomic E-state index is 6.41. The summed E-state index contributed by atoms with van der Waals surface area (Å²) < 4.78 is 5.74. The molecular formula is C15H21NO. The lowest BCUT2D eigenvalue weighted by molar-refractivity contribution is 0.0825. The van der Waals surface area contributed by atoms with Crippen LogP contribution in [0.25, 0.3) is 0 Å². The topological polar surface area (TPSA) is 35.2 Å². The molecule has 1 saturated heterocycles. The highest BCUT2D eigenvalue weighted by atomic mass is 16.5. The van der Waals surface area contributed by atoms with Crippen molar-refractivity contribution in [2.45, 2.75) is 44.2 Å². The lowest BCUT2D eigenvalue weighted by atomic mass is 9.77. The number of nitrogens with two attached hydrogens (primary N) is 1. The van der Waals surface area contributed by atoms with Crippen LogP contribution in [0.15, 0.2) is 24.3 Å². The fraction of sp³-hybridized carbons (Fsp3) is 0.600. The standard InChI is InChI=1S/C15H21NO/c16-15-12(10-13-5-3-9-17-13)8-7-11-4-1-2-6-14(11)15/h1-2,4,6,12-13,15H,3,5,7-10,16H2. The Morgan fingerprint density at radius 2 is 2.12 bits per heavy atom. The Morgan fingerprint density at radius 3 is 2.94 bits per heavy atom. The van der Waals surface area contributed by atoms with Crippen molar-refractivity contribution in [1.82, 2.24) is 0 Å². The van der Waals surface area contributed by atoms with Crippen molar-refractivity contribution < 1.29 is 4.74 Å². The zero-order chi connectivity index (χ0) is 11.7. The Morgan fingerprint density at radius 1 is 1.24 bits per heavy atom. The SMILES string of the molecule is NC1c2ccccc2CCC1CC1CCCO1. The molecule has 2 nitrogen and oxygen atoms in total. The molecule has 0 saturated carbocycles. The lowest BCUT2D eigenvalue weighted by Crippen LogP contribution is -2.30. The third kappa shape index (κ3) is 2.24. The summed E-state index contributed by atoms with van der Waals surface area (Å²) in [5, 5.41) is 0. The first-order valence-corrected chi connectivity index (χ1v) is 6.79. The van der Waals surface area contributed by atoms with E-state index in [2.05, 4.69) is 24.3 Å². The highest BCUT2D eigenvalue weighted by Gasteiger charge is 2.29. The molecule has 0 radical (unpaired) electrons. The fourth-order valence-electron chi connectivity index (χ4n) is 3.29. The minimum Gasteiger partial charge on any atom is -0.378 e. The monoisotopic (exact) mass is 231 g/mol. The molecule has 1 aliphatic heterocycles. The molecule has 0 bridgehead atoms. The van der Waals surface area contributed by atoms with Crippen LogP contribution in [0.3, 0.4) is 0 Å². The summed E-state index contributed by atoms with van der Waals surface area (Å²) in [4.78, 5) is 0. The number of hydrogen-bond acceptors (Lipinski definition) is 2. The van der Waals surface area contributed by atoms with Gasteiger partial charge in [-0.3, -0.25) is 0 Å². The fourth-order valence-corrected chi connectivity index (χ4v) is 3.29. The molecular weight excluding hydrogens is 210 g/mol. The van der Waals surface area contributed by atoms with Crippen LogP contribution < -0.4 is 5.73 Å². The Kier molecular flexibility index (Phi) is 3.17. The van der Waals surface area contributed by atoms with Crippen molar-refractivity contribution >= 4 is 0 Å². The molecule has 0 aromatic heterocycles. The van der Waals surface area contributed by atoms with Crippen LogP contribution in [0, 0.1) is 5.92 Å². The van der Waals surface area contributed by atoms with Crippen molar-refractivity contribution in [2.24, 2.45) is 11.7 Å². The first-order valence-electron chi connectivity index (χ1n) is 6.79. The predicted octanol–water partition coefficient (Wildman–Crippen LogP) is 2.82. The van der Waals surface area contributed by atoms with Crippen molar-refractivity contribution in [3.63, 3.8) is 0 Å². The van der Waals surface area contributed by atoms with E-state index in [9.17, 15) is 0 Å². The second kappa shape index (κ2) is 4.79. The predicted molar refractivity (Wildman–Crippen MR) is 68.8 cm³/mol. The van der Waals surface area contributed by atoms with Crippen LogP contribution >= 0.6 is 0 Å². The molecule has 1 aromatic rings. The molecule has 1 aromatic carbocycles. The number of rotatable bonds is 2. The van der Waals surface area contributed by atoms with E-state index in [0.717, 1.165) is 13.0 Å². The molecule has 0 amide bonds. The van der Waals surface area contributed by atoms with E-state index in [1.807, 2.05) is 0 Å². The third-order valence-electron chi connectivity index (χ3n) is 4.30. The van der Waals surface area contributed by atoms with E-state index in [0.29, 0.717) is 12.0 Å². The Labute approximate surface area is 103 Å². The smallest absolute Gasteiger partial charge is 0.0579 e. The first kappa shape index (κ1) is 11.2. The van der Waals surface area contributed by atoms with Crippen molar-refractivity contribution in [3.05, 3.63) is 35.4 Å². The van der Waals surface area contributed by atoms with Crippen LogP contribution in [-0.2, 0) is 11.2 Å². The van der Waals surface area contributed by atoms with Gasteiger partial charge in [0, 0.05) is 12.6 Å². The lowest BCUT2D eigenvalue weighted by Gasteiger charge is -2.32. The van der Waals surface area contributed by atoms with Crippen LogP contribution in [0.5, 0.6) is 0 Å². The second-order valence-electron chi connectivity index (χ2n) is 5.39. The van der Waals surface area contributed by atoms with Gasteiger partial charge in [-0.2, -0.15) is 0 Å². The molecule has 92 valence electrons. The highest BCUT2D eigenvalue weighted by molar-refractivity contribution is 5.32. The zero-order valence-corrected chi connectivity index (χ0v) is 10.3. The molecule has 2 N–H and O–H groups in total. The highest BCUT2D eigenvalue weighted by Crippen LogP contribution is 2.36. The average molecular weight is 231 g/mol. The molecule has 3 unspecified atom stereocenters. The van der Waals surface area contributed by atoms with E-state index in [-0.39, 0.29) is 6.04 Å². The van der Waals surface area contributed by atoms with E-state index < -0.39 is 0 Å². The van der Waals surface area contributed by atoms with Gasteiger partial charge in [-0.25, -0.2) is 0 Å². The summed E-state index contributed by atoms with van der Waals surface area (Å²) in [6.07, 6.45) is 6.47. The van der Waals surface area contributed by atoms with Crippen LogP contribution in [0.4, 0.5) is 0 Å². The van der Waals surface area contributed by atoms with Gasteiger partial charge in [-0.15, -0.1) is 0 Å². The van der Waals surface area contributed by atoms with Crippen LogP contribution in [-0.4, -0.2) is 12.7 Å². The molecule has 3 rings (SSSR count). The van der Waals surface area contributed by atoms with Crippen molar-refractivity contribution in [3.8, 4) is 0 Å². The van der Waals surface area contributed by atoms with Gasteiger partial charge in [0.2, 0.25) is 0 Å². The van der Waals surface area contributed by atoms with Gasteiger partial charge in [0.1, 0.15) is 0 Å². The maximum Gasteiger partial charge on any atom is 0.0579 e. The Balaban J connectivity index is 1.72. The van der Waals surface area contributed by atoms with Gasteiger partial charge in [0.15, 0.2) is 0 Å². The number of aryl methyl sites for hydroxylation is 1. The van der Waals surface area contributed by atoms with Gasteiger partial charge in [-0.05, 0) is 49.1 Å².